The Balaban J connectivity index is 1.62. The van der Waals surface area contributed by atoms with Crippen LogP contribution < -0.4 is 0 Å². The lowest BCUT2D eigenvalue weighted by Crippen LogP contribution is -2.35. The maximum atomic E-state index is 12.3. The molecule has 22 heavy (non-hydrogen) atoms. The van der Waals surface area contributed by atoms with E-state index in [1.807, 2.05) is 34.9 Å². The van der Waals surface area contributed by atoms with E-state index in [0.717, 1.165) is 30.3 Å². The third-order valence-corrected chi connectivity index (χ3v) is 5.36. The monoisotopic (exact) mass is 336 g/mol. The van der Waals surface area contributed by atoms with Crippen molar-refractivity contribution < 1.29 is 4.79 Å². The zero-order valence-corrected chi connectivity index (χ0v) is 13.6. The van der Waals surface area contributed by atoms with Gasteiger partial charge in [-0.05, 0) is 18.1 Å². The third-order valence-electron chi connectivity index (χ3n) is 3.71. The van der Waals surface area contributed by atoms with Crippen LogP contribution in [-0.4, -0.2) is 44.4 Å². The average Bonchev–Trinajstić information content (AvgIpc) is 2.90. The first-order valence-electron chi connectivity index (χ1n) is 7.20. The van der Waals surface area contributed by atoms with E-state index in [1.165, 1.54) is 11.9 Å². The Hall–Kier alpha value is -1.53. The average molecular weight is 337 g/mol. The van der Waals surface area contributed by atoms with Crippen molar-refractivity contribution in [3.63, 3.8) is 0 Å². The fourth-order valence-electron chi connectivity index (χ4n) is 2.56. The van der Waals surface area contributed by atoms with Gasteiger partial charge in [0.25, 0.3) is 0 Å². The van der Waals surface area contributed by atoms with Crippen molar-refractivity contribution in [2.75, 3.05) is 18.8 Å². The first-order valence-corrected chi connectivity index (χ1v) is 8.63. The number of benzene rings is 1. The quantitative estimate of drug-likeness (QED) is 0.864. The van der Waals surface area contributed by atoms with E-state index >= 15 is 0 Å². The number of carbonyl (C=O) groups is 1. The molecule has 1 aliphatic heterocycles. The van der Waals surface area contributed by atoms with Gasteiger partial charge in [-0.15, -0.1) is 0 Å². The van der Waals surface area contributed by atoms with E-state index in [9.17, 15) is 4.79 Å². The van der Waals surface area contributed by atoms with Gasteiger partial charge in [-0.3, -0.25) is 4.79 Å². The van der Waals surface area contributed by atoms with E-state index in [1.54, 1.807) is 11.0 Å². The molecule has 3 rings (SSSR count). The fraction of sp³-hybridized carbons (Fsp3) is 0.400. The van der Waals surface area contributed by atoms with Crippen LogP contribution in [0.15, 0.2) is 36.9 Å². The van der Waals surface area contributed by atoms with Crippen molar-refractivity contribution in [3.8, 4) is 0 Å². The number of amides is 1. The number of thioether (sulfide) groups is 1. The molecule has 5 nitrogen and oxygen atoms in total. The third kappa shape index (κ3) is 3.62. The van der Waals surface area contributed by atoms with Crippen LogP contribution in [-0.2, 0) is 11.3 Å². The molecule has 0 bridgehead atoms. The van der Waals surface area contributed by atoms with Crippen LogP contribution in [0.25, 0.3) is 0 Å². The topological polar surface area (TPSA) is 51.0 Å². The molecule has 0 spiro atoms. The van der Waals surface area contributed by atoms with Crippen molar-refractivity contribution in [2.24, 2.45) is 0 Å². The number of halogens is 1. The van der Waals surface area contributed by atoms with E-state index in [2.05, 4.69) is 16.1 Å². The molecule has 0 N–H and O–H groups in total. The standard InChI is InChI=1S/C15H17ClN4OS/c16-13-4-2-1-3-12(13)14-5-6-19(7-8-22-14)15(21)9-20-11-17-10-18-20/h1-4,10-11,14H,5-9H2. The van der Waals surface area contributed by atoms with Gasteiger partial charge in [-0.1, -0.05) is 29.8 Å². The second-order valence-corrected chi connectivity index (χ2v) is 6.86. The molecular formula is C15H17ClN4OS. The van der Waals surface area contributed by atoms with E-state index < -0.39 is 0 Å². The molecule has 1 atom stereocenters. The summed E-state index contributed by atoms with van der Waals surface area (Å²) in [5.41, 5.74) is 1.17. The zero-order valence-electron chi connectivity index (χ0n) is 12.1. The Morgan fingerprint density at radius 2 is 2.23 bits per heavy atom. The first-order chi connectivity index (χ1) is 10.7. The van der Waals surface area contributed by atoms with E-state index in [-0.39, 0.29) is 12.5 Å². The number of hydrogen-bond donors (Lipinski definition) is 0. The van der Waals surface area contributed by atoms with Gasteiger partial charge in [0.2, 0.25) is 5.91 Å². The van der Waals surface area contributed by atoms with E-state index in [0.29, 0.717) is 5.25 Å². The van der Waals surface area contributed by atoms with Gasteiger partial charge in [0.15, 0.2) is 0 Å². The van der Waals surface area contributed by atoms with Gasteiger partial charge < -0.3 is 4.90 Å². The van der Waals surface area contributed by atoms with Gasteiger partial charge in [0.05, 0.1) is 0 Å². The summed E-state index contributed by atoms with van der Waals surface area (Å²) in [5.74, 6) is 1.00. The molecule has 116 valence electrons. The normalized spacial score (nSPS) is 19.0. The SMILES string of the molecule is O=C(Cn1cncn1)N1CCSC(c2ccccc2Cl)CC1. The van der Waals surface area contributed by atoms with Crippen LogP contribution >= 0.6 is 23.4 Å². The highest BCUT2D eigenvalue weighted by atomic mass is 35.5. The highest BCUT2D eigenvalue weighted by Gasteiger charge is 2.23. The van der Waals surface area contributed by atoms with Crippen LogP contribution in [0.5, 0.6) is 0 Å². The van der Waals surface area contributed by atoms with Crippen LogP contribution in [0, 0.1) is 0 Å². The molecule has 1 fully saturated rings. The molecule has 0 aliphatic carbocycles. The Morgan fingerprint density at radius 3 is 3.00 bits per heavy atom. The lowest BCUT2D eigenvalue weighted by Gasteiger charge is -2.20. The van der Waals surface area contributed by atoms with Gasteiger partial charge in [-0.25, -0.2) is 9.67 Å². The van der Waals surface area contributed by atoms with Crippen molar-refractivity contribution in [1.82, 2.24) is 19.7 Å². The number of rotatable bonds is 3. The van der Waals surface area contributed by atoms with Gasteiger partial charge in [0.1, 0.15) is 19.2 Å². The van der Waals surface area contributed by atoms with Crippen molar-refractivity contribution in [1.29, 1.82) is 0 Å². The molecule has 1 saturated heterocycles. The maximum Gasteiger partial charge on any atom is 0.244 e. The second kappa shape index (κ2) is 7.15. The number of carbonyl (C=O) groups excluding carboxylic acids is 1. The van der Waals surface area contributed by atoms with E-state index in [4.69, 9.17) is 11.6 Å². The van der Waals surface area contributed by atoms with Gasteiger partial charge >= 0.3 is 0 Å². The minimum absolute atomic E-state index is 0.0888. The van der Waals surface area contributed by atoms with Crippen LogP contribution in [0.4, 0.5) is 0 Å². The summed E-state index contributed by atoms with van der Waals surface area (Å²) in [6.45, 7) is 1.76. The predicted octanol–water partition coefficient (Wildman–Crippen LogP) is 2.64. The Kier molecular flexibility index (Phi) is 5.00. The van der Waals surface area contributed by atoms with Crippen molar-refractivity contribution in [3.05, 3.63) is 47.5 Å². The summed E-state index contributed by atoms with van der Waals surface area (Å²) in [6, 6.07) is 7.96. The van der Waals surface area contributed by atoms with Crippen LogP contribution in [0.2, 0.25) is 5.02 Å². The lowest BCUT2D eigenvalue weighted by molar-refractivity contribution is -0.131. The molecule has 7 heteroatoms. The highest BCUT2D eigenvalue weighted by molar-refractivity contribution is 7.99. The largest absolute Gasteiger partial charge is 0.340 e. The summed E-state index contributed by atoms with van der Waals surface area (Å²) in [6.07, 6.45) is 3.92. The van der Waals surface area contributed by atoms with Crippen molar-refractivity contribution in [2.45, 2.75) is 18.2 Å². The van der Waals surface area contributed by atoms with Gasteiger partial charge in [-0.2, -0.15) is 16.9 Å². The number of nitrogens with zero attached hydrogens (tertiary/aromatic N) is 4. The number of aromatic nitrogens is 3. The highest BCUT2D eigenvalue weighted by Crippen LogP contribution is 2.37. The summed E-state index contributed by atoms with van der Waals surface area (Å²) < 4.78 is 1.56. The molecule has 0 radical (unpaired) electrons. The molecule has 1 aromatic carbocycles. The first kappa shape index (κ1) is 15.4. The molecule has 0 saturated carbocycles. The molecule has 1 amide bonds. The molecular weight excluding hydrogens is 320 g/mol. The predicted molar refractivity (Wildman–Crippen MR) is 87.9 cm³/mol. The lowest BCUT2D eigenvalue weighted by atomic mass is 10.1. The van der Waals surface area contributed by atoms with Crippen LogP contribution in [0.1, 0.15) is 17.2 Å². The zero-order chi connectivity index (χ0) is 15.4. The summed E-state index contributed by atoms with van der Waals surface area (Å²) in [7, 11) is 0. The number of hydrogen-bond acceptors (Lipinski definition) is 4. The summed E-state index contributed by atoms with van der Waals surface area (Å²) >= 11 is 8.16. The Morgan fingerprint density at radius 1 is 1.36 bits per heavy atom. The van der Waals surface area contributed by atoms with Gasteiger partial charge in [0, 0.05) is 29.1 Å². The minimum Gasteiger partial charge on any atom is -0.340 e. The second-order valence-electron chi connectivity index (χ2n) is 5.14. The Bertz CT molecular complexity index is 634. The van der Waals surface area contributed by atoms with Crippen molar-refractivity contribution >= 4 is 29.3 Å². The summed E-state index contributed by atoms with van der Waals surface area (Å²) in [5, 5.41) is 5.14. The smallest absolute Gasteiger partial charge is 0.244 e. The Labute approximate surface area is 138 Å². The maximum absolute atomic E-state index is 12.3. The van der Waals surface area contributed by atoms with Crippen LogP contribution in [0.3, 0.4) is 0 Å². The molecule has 1 aromatic heterocycles. The molecule has 1 aliphatic rings. The molecule has 2 aromatic rings. The fourth-order valence-corrected chi connectivity index (χ4v) is 4.16. The summed E-state index contributed by atoms with van der Waals surface area (Å²) in [4.78, 5) is 18.1. The minimum atomic E-state index is 0.0888. The molecule has 1 unspecified atom stereocenters. The molecule has 2 heterocycles.